The summed E-state index contributed by atoms with van der Waals surface area (Å²) in [6, 6.07) is 8.17. The van der Waals surface area contributed by atoms with Gasteiger partial charge < -0.3 is 8.98 Å². The van der Waals surface area contributed by atoms with E-state index in [0.29, 0.717) is 4.84 Å². The lowest BCUT2D eigenvalue weighted by molar-refractivity contribution is 0.535. The van der Waals surface area contributed by atoms with Gasteiger partial charge in [0.2, 0.25) is 0 Å². The van der Waals surface area contributed by atoms with E-state index in [1.165, 1.54) is 5.56 Å². The highest BCUT2D eigenvalue weighted by Gasteiger charge is 2.02. The Kier molecular flexibility index (Phi) is 2.25. The van der Waals surface area contributed by atoms with E-state index in [-0.39, 0.29) is 0 Å². The lowest BCUT2D eigenvalue weighted by atomic mass is 10.1. The first-order chi connectivity index (χ1) is 6.66. The van der Waals surface area contributed by atoms with Crippen LogP contribution in [0.1, 0.15) is 5.56 Å². The summed E-state index contributed by atoms with van der Waals surface area (Å²) in [5.41, 5.74) is 2.30. The van der Waals surface area contributed by atoms with Gasteiger partial charge in [0.25, 0.3) is 4.84 Å². The van der Waals surface area contributed by atoms with Gasteiger partial charge in [0.05, 0.1) is 6.20 Å². The molecule has 14 heavy (non-hydrogen) atoms. The lowest BCUT2D eigenvalue weighted by Crippen LogP contribution is -1.81. The van der Waals surface area contributed by atoms with Crippen LogP contribution in [0.3, 0.4) is 0 Å². The highest BCUT2D eigenvalue weighted by Crippen LogP contribution is 2.20. The molecule has 0 spiro atoms. The van der Waals surface area contributed by atoms with Gasteiger partial charge in [-0.2, -0.15) is 0 Å². The van der Waals surface area contributed by atoms with Crippen LogP contribution in [0.15, 0.2) is 34.9 Å². The van der Waals surface area contributed by atoms with Gasteiger partial charge in [-0.15, -0.1) is 0 Å². The van der Waals surface area contributed by atoms with Gasteiger partial charge in [0, 0.05) is 12.6 Å². The second-order valence-electron chi connectivity index (χ2n) is 3.34. The van der Waals surface area contributed by atoms with Gasteiger partial charge >= 0.3 is 0 Å². The highest BCUT2D eigenvalue weighted by atomic mass is 32.1. The average molecular weight is 205 g/mol. The minimum absolute atomic E-state index is 0.501. The van der Waals surface area contributed by atoms with E-state index in [9.17, 15) is 0 Å². The van der Waals surface area contributed by atoms with Gasteiger partial charge in [0.15, 0.2) is 5.76 Å². The predicted octanol–water partition coefficient (Wildman–Crippen LogP) is 3.32. The van der Waals surface area contributed by atoms with Crippen LogP contribution in [0.2, 0.25) is 0 Å². The van der Waals surface area contributed by atoms with E-state index in [1.807, 2.05) is 25.4 Å². The quantitative estimate of drug-likeness (QED) is 0.665. The number of hydrogen-bond donors (Lipinski definition) is 0. The summed E-state index contributed by atoms with van der Waals surface area (Å²) >= 11 is 5.00. The van der Waals surface area contributed by atoms with Crippen molar-refractivity contribution in [3.63, 3.8) is 0 Å². The van der Waals surface area contributed by atoms with Crippen LogP contribution in [0.5, 0.6) is 0 Å². The molecule has 2 nitrogen and oxygen atoms in total. The molecular formula is C11H11NOS. The standard InChI is InChI=1S/C11H11NOS/c1-8-3-5-9(6-4-8)10-7-12(2)11(14)13-10/h3-7H,1-2H3. The number of rotatable bonds is 1. The van der Waals surface area contributed by atoms with Crippen molar-refractivity contribution in [3.05, 3.63) is 40.9 Å². The van der Waals surface area contributed by atoms with Crippen LogP contribution in [-0.2, 0) is 7.05 Å². The molecule has 1 heterocycles. The Morgan fingerprint density at radius 1 is 1.21 bits per heavy atom. The molecule has 2 rings (SSSR count). The number of benzene rings is 1. The molecule has 0 aliphatic carbocycles. The van der Waals surface area contributed by atoms with Crippen molar-refractivity contribution in [2.45, 2.75) is 6.92 Å². The molecule has 0 amide bonds. The third-order valence-corrected chi connectivity index (χ3v) is 2.50. The molecule has 0 fully saturated rings. The summed E-state index contributed by atoms with van der Waals surface area (Å²) in [5, 5.41) is 0. The van der Waals surface area contributed by atoms with Crippen LogP contribution in [0, 0.1) is 11.8 Å². The maximum Gasteiger partial charge on any atom is 0.268 e. The fourth-order valence-corrected chi connectivity index (χ4v) is 1.41. The normalized spacial score (nSPS) is 10.4. The Balaban J connectivity index is 2.49. The molecule has 1 aromatic carbocycles. The molecule has 0 aliphatic heterocycles. The minimum atomic E-state index is 0.501. The molecular weight excluding hydrogens is 194 g/mol. The average Bonchev–Trinajstić information content (AvgIpc) is 2.48. The molecule has 72 valence electrons. The lowest BCUT2D eigenvalue weighted by Gasteiger charge is -1.95. The summed E-state index contributed by atoms with van der Waals surface area (Å²) < 4.78 is 7.21. The van der Waals surface area contributed by atoms with Crippen LogP contribution in [-0.4, -0.2) is 4.57 Å². The number of aromatic nitrogens is 1. The first-order valence-corrected chi connectivity index (χ1v) is 4.81. The zero-order valence-electron chi connectivity index (χ0n) is 8.15. The highest BCUT2D eigenvalue weighted by molar-refractivity contribution is 7.71. The number of oxazole rings is 1. The van der Waals surface area contributed by atoms with Crippen LogP contribution in [0.25, 0.3) is 11.3 Å². The number of nitrogens with zero attached hydrogens (tertiary/aromatic N) is 1. The van der Waals surface area contributed by atoms with Crippen molar-refractivity contribution < 1.29 is 4.42 Å². The summed E-state index contributed by atoms with van der Waals surface area (Å²) in [5.74, 6) is 0.817. The van der Waals surface area contributed by atoms with Crippen molar-refractivity contribution in [1.82, 2.24) is 4.57 Å². The topological polar surface area (TPSA) is 18.1 Å². The maximum atomic E-state index is 5.42. The van der Waals surface area contributed by atoms with E-state index >= 15 is 0 Å². The van der Waals surface area contributed by atoms with Gasteiger partial charge in [-0.25, -0.2) is 0 Å². The van der Waals surface area contributed by atoms with Gasteiger partial charge in [-0.1, -0.05) is 29.8 Å². The fourth-order valence-electron chi connectivity index (χ4n) is 1.27. The van der Waals surface area contributed by atoms with E-state index < -0.39 is 0 Å². The van der Waals surface area contributed by atoms with Crippen LogP contribution in [0.4, 0.5) is 0 Å². The van der Waals surface area contributed by atoms with Crippen LogP contribution < -0.4 is 0 Å². The molecule has 0 N–H and O–H groups in total. The van der Waals surface area contributed by atoms with E-state index in [0.717, 1.165) is 11.3 Å². The molecule has 1 aromatic heterocycles. The van der Waals surface area contributed by atoms with Crippen molar-refractivity contribution in [2.24, 2.45) is 7.05 Å². The third kappa shape index (κ3) is 1.63. The predicted molar refractivity (Wildman–Crippen MR) is 58.7 cm³/mol. The first-order valence-electron chi connectivity index (χ1n) is 4.40. The van der Waals surface area contributed by atoms with E-state index in [4.69, 9.17) is 16.6 Å². The smallest absolute Gasteiger partial charge is 0.268 e. The molecule has 3 heteroatoms. The van der Waals surface area contributed by atoms with Crippen LogP contribution >= 0.6 is 12.2 Å². The second kappa shape index (κ2) is 3.42. The molecule has 0 aliphatic rings. The van der Waals surface area contributed by atoms with Gasteiger partial charge in [0.1, 0.15) is 0 Å². The van der Waals surface area contributed by atoms with Crippen molar-refractivity contribution in [1.29, 1.82) is 0 Å². The minimum Gasteiger partial charge on any atom is -0.429 e. The zero-order valence-corrected chi connectivity index (χ0v) is 8.97. The second-order valence-corrected chi connectivity index (χ2v) is 3.69. The van der Waals surface area contributed by atoms with Gasteiger partial charge in [-0.3, -0.25) is 0 Å². The van der Waals surface area contributed by atoms with Crippen molar-refractivity contribution >= 4 is 12.2 Å². The molecule has 0 unspecified atom stereocenters. The maximum absolute atomic E-state index is 5.42. The Hall–Kier alpha value is -1.35. The first kappa shape index (κ1) is 9.21. The van der Waals surface area contributed by atoms with Crippen molar-refractivity contribution in [3.8, 4) is 11.3 Å². The van der Waals surface area contributed by atoms with Gasteiger partial charge in [-0.05, 0) is 19.1 Å². The molecule has 0 bridgehead atoms. The molecule has 2 aromatic rings. The summed E-state index contributed by atoms with van der Waals surface area (Å²) in [6.07, 6.45) is 1.90. The SMILES string of the molecule is Cc1ccc(-c2cn(C)c(=S)o2)cc1. The summed E-state index contributed by atoms with van der Waals surface area (Å²) in [6.45, 7) is 2.06. The van der Waals surface area contributed by atoms with Crippen molar-refractivity contribution in [2.75, 3.05) is 0 Å². The Morgan fingerprint density at radius 3 is 2.36 bits per heavy atom. The Labute approximate surface area is 87.8 Å². The van der Waals surface area contributed by atoms with E-state index in [2.05, 4.69) is 19.1 Å². The summed E-state index contributed by atoms with van der Waals surface area (Å²) in [7, 11) is 1.88. The monoisotopic (exact) mass is 205 g/mol. The zero-order chi connectivity index (χ0) is 10.1. The molecule has 0 radical (unpaired) electrons. The molecule has 0 saturated carbocycles. The fraction of sp³-hybridized carbons (Fsp3) is 0.182. The largest absolute Gasteiger partial charge is 0.429 e. The molecule has 0 atom stereocenters. The molecule has 0 saturated heterocycles. The van der Waals surface area contributed by atoms with E-state index in [1.54, 1.807) is 4.57 Å². The number of hydrogen-bond acceptors (Lipinski definition) is 2. The Bertz CT molecular complexity index is 493. The third-order valence-electron chi connectivity index (χ3n) is 2.13. The number of aryl methyl sites for hydroxylation is 2. The Morgan fingerprint density at radius 2 is 1.86 bits per heavy atom. The summed E-state index contributed by atoms with van der Waals surface area (Å²) in [4.78, 5) is 0.501.